The normalized spacial score (nSPS) is 10.7. The molecule has 2 aromatic carbocycles. The zero-order chi connectivity index (χ0) is 19.5. The molecule has 0 aliphatic heterocycles. The number of halogens is 4. The van der Waals surface area contributed by atoms with Crippen molar-refractivity contribution in [2.24, 2.45) is 15.9 Å². The molecule has 0 aromatic heterocycles. The second kappa shape index (κ2) is 18.4. The van der Waals surface area contributed by atoms with Crippen molar-refractivity contribution >= 4 is 46.7 Å². The summed E-state index contributed by atoms with van der Waals surface area (Å²) in [5, 5.41) is 8.60. The van der Waals surface area contributed by atoms with Gasteiger partial charge in [-0.1, -0.05) is 66.5 Å². The predicted molar refractivity (Wildman–Crippen MR) is 115 cm³/mol. The van der Waals surface area contributed by atoms with Crippen LogP contribution in [0.5, 0.6) is 0 Å². The molecule has 0 saturated heterocycles. The Hall–Kier alpha value is -0.340. The van der Waals surface area contributed by atoms with Gasteiger partial charge in [0.1, 0.15) is 6.54 Å². The topological polar surface area (TPSA) is 55.2 Å². The Labute approximate surface area is 217 Å². The van der Waals surface area contributed by atoms with Gasteiger partial charge in [-0.05, 0) is 29.3 Å². The summed E-state index contributed by atoms with van der Waals surface area (Å²) in [6.07, 6.45) is 0.698. The smallest absolute Gasteiger partial charge is 1.00 e. The Balaban J connectivity index is -0.000000457. The van der Waals surface area contributed by atoms with E-state index < -0.39 is 0 Å². The molecule has 29 heavy (non-hydrogen) atoms. The fraction of sp³-hybridized carbons (Fsp3) is 0.263. The second-order valence-corrected chi connectivity index (χ2v) is 7.07. The van der Waals surface area contributed by atoms with Gasteiger partial charge < -0.3 is 48.1 Å². The van der Waals surface area contributed by atoms with E-state index in [0.717, 1.165) is 17.8 Å². The zero-order valence-electron chi connectivity index (χ0n) is 16.2. The number of rotatable bonds is 5. The van der Waals surface area contributed by atoms with Crippen LogP contribution < -0.4 is 35.4 Å². The van der Waals surface area contributed by atoms with Crippen LogP contribution in [0.2, 0.25) is 10.0 Å². The Morgan fingerprint density at radius 1 is 1.00 bits per heavy atom. The third kappa shape index (κ3) is 14.3. The number of nitrogens with two attached hydrogens (primary N) is 1. The molecule has 10 heteroatoms. The minimum Gasteiger partial charge on any atom is -1.00 e. The summed E-state index contributed by atoms with van der Waals surface area (Å²) < 4.78 is 0. The largest absolute Gasteiger partial charge is 3.00 e. The SMILES string of the molecule is CC/C(=N\N=C(\N)[S-])c1ccc(Cl)c(Cl)c1.C[NH+](C)Cc1ccccc1.[Au+3].[Cl-].[Cl-]. The van der Waals surface area contributed by atoms with Crippen LogP contribution in [0.3, 0.4) is 0 Å². The van der Waals surface area contributed by atoms with Gasteiger partial charge in [0.15, 0.2) is 0 Å². The van der Waals surface area contributed by atoms with Crippen LogP contribution in [0.15, 0.2) is 58.7 Å². The molecule has 2 aromatic rings. The van der Waals surface area contributed by atoms with Crippen LogP contribution in [-0.4, -0.2) is 25.0 Å². The van der Waals surface area contributed by atoms with E-state index in [-0.39, 0.29) is 52.4 Å². The van der Waals surface area contributed by atoms with Crippen LogP contribution in [0.25, 0.3) is 0 Å². The first-order valence-corrected chi connectivity index (χ1v) is 9.35. The van der Waals surface area contributed by atoms with Gasteiger partial charge in [0.25, 0.3) is 0 Å². The molecule has 164 valence electrons. The average Bonchev–Trinajstić information content (AvgIpc) is 2.59. The third-order valence-electron chi connectivity index (χ3n) is 3.26. The first-order valence-electron chi connectivity index (χ1n) is 8.18. The summed E-state index contributed by atoms with van der Waals surface area (Å²) in [5.74, 6) is 0. The second-order valence-electron chi connectivity index (χ2n) is 5.84. The van der Waals surface area contributed by atoms with E-state index in [2.05, 4.69) is 67.3 Å². The quantitative estimate of drug-likeness (QED) is 0.119. The molecule has 0 atom stereocenters. The molecular formula is C19H24AuCl4N4S+. The number of amidine groups is 1. The maximum Gasteiger partial charge on any atom is 3.00 e. The van der Waals surface area contributed by atoms with Crippen molar-refractivity contribution < 1.29 is 52.1 Å². The average molecular weight is 679 g/mol. The van der Waals surface area contributed by atoms with Crippen molar-refractivity contribution in [3.63, 3.8) is 0 Å². The van der Waals surface area contributed by atoms with E-state index in [9.17, 15) is 0 Å². The minimum atomic E-state index is 0. The van der Waals surface area contributed by atoms with Gasteiger partial charge in [-0.2, -0.15) is 10.2 Å². The first-order chi connectivity index (χ1) is 12.3. The number of quaternary nitrogens is 1. The molecule has 0 amide bonds. The van der Waals surface area contributed by atoms with E-state index in [0.29, 0.717) is 16.5 Å². The first kappa shape index (κ1) is 33.3. The molecule has 0 heterocycles. The molecule has 0 radical (unpaired) electrons. The van der Waals surface area contributed by atoms with Crippen LogP contribution in [0.4, 0.5) is 0 Å². The Kier molecular flexibility index (Phi) is 21.2. The summed E-state index contributed by atoms with van der Waals surface area (Å²) >= 11 is 16.3. The van der Waals surface area contributed by atoms with Crippen molar-refractivity contribution in [1.82, 2.24) is 0 Å². The number of hydrogen-bond donors (Lipinski definition) is 2. The maximum absolute atomic E-state index is 5.91. The van der Waals surface area contributed by atoms with E-state index in [1.807, 2.05) is 13.0 Å². The van der Waals surface area contributed by atoms with Gasteiger partial charge in [0.2, 0.25) is 0 Å². The molecule has 0 saturated carbocycles. The molecule has 0 unspecified atom stereocenters. The Bertz CT molecular complexity index is 755. The third-order valence-corrected chi connectivity index (χ3v) is 4.08. The zero-order valence-corrected chi connectivity index (χ0v) is 22.2. The summed E-state index contributed by atoms with van der Waals surface area (Å²) in [7, 11) is 4.32. The predicted octanol–water partition coefficient (Wildman–Crippen LogP) is -2.69. The van der Waals surface area contributed by atoms with E-state index in [1.54, 1.807) is 12.1 Å². The summed E-state index contributed by atoms with van der Waals surface area (Å²) in [6.45, 7) is 3.07. The molecule has 3 N–H and O–H groups in total. The summed E-state index contributed by atoms with van der Waals surface area (Å²) in [6, 6.07) is 15.8. The van der Waals surface area contributed by atoms with E-state index in [4.69, 9.17) is 28.9 Å². The van der Waals surface area contributed by atoms with Crippen molar-refractivity contribution in [3.05, 3.63) is 69.7 Å². The van der Waals surface area contributed by atoms with Crippen molar-refractivity contribution in [2.75, 3.05) is 14.1 Å². The monoisotopic (exact) mass is 677 g/mol. The van der Waals surface area contributed by atoms with Crippen LogP contribution in [-0.2, 0) is 41.6 Å². The summed E-state index contributed by atoms with van der Waals surface area (Å²) in [4.78, 5) is 1.46. The van der Waals surface area contributed by atoms with Gasteiger partial charge in [-0.15, -0.1) is 0 Å². The molecule has 0 aliphatic rings. The minimum absolute atomic E-state index is 0. The van der Waals surface area contributed by atoms with E-state index >= 15 is 0 Å². The molecule has 0 bridgehead atoms. The fourth-order valence-corrected chi connectivity index (χ4v) is 2.46. The van der Waals surface area contributed by atoms with E-state index in [1.165, 1.54) is 10.5 Å². The van der Waals surface area contributed by atoms with Crippen molar-refractivity contribution in [2.45, 2.75) is 19.9 Å². The van der Waals surface area contributed by atoms with Crippen LogP contribution in [0.1, 0.15) is 24.5 Å². The molecular weight excluding hydrogens is 655 g/mol. The number of nitrogens with one attached hydrogen (secondary N) is 1. The molecule has 4 nitrogen and oxygen atoms in total. The molecule has 2 rings (SSSR count). The number of benzene rings is 2. The van der Waals surface area contributed by atoms with Gasteiger partial charge in [-0.25, -0.2) is 0 Å². The molecule has 0 fully saturated rings. The van der Waals surface area contributed by atoms with Gasteiger partial charge >= 0.3 is 22.4 Å². The van der Waals surface area contributed by atoms with Crippen molar-refractivity contribution in [1.29, 1.82) is 0 Å². The molecule has 0 spiro atoms. The van der Waals surface area contributed by atoms with Crippen LogP contribution in [0, 0.1) is 0 Å². The van der Waals surface area contributed by atoms with Crippen LogP contribution >= 0.6 is 23.2 Å². The maximum atomic E-state index is 5.91. The Morgan fingerprint density at radius 2 is 1.59 bits per heavy atom. The fourth-order valence-electron chi connectivity index (χ4n) is 2.12. The Morgan fingerprint density at radius 3 is 2.03 bits per heavy atom. The number of hydrogen-bond acceptors (Lipinski definition) is 3. The van der Waals surface area contributed by atoms with Gasteiger partial charge in [0, 0.05) is 5.56 Å². The van der Waals surface area contributed by atoms with Crippen molar-refractivity contribution in [3.8, 4) is 0 Å². The van der Waals surface area contributed by atoms with Gasteiger partial charge in [-0.3, -0.25) is 0 Å². The summed E-state index contributed by atoms with van der Waals surface area (Å²) in [5.41, 5.74) is 8.26. The van der Waals surface area contributed by atoms with Gasteiger partial charge in [0.05, 0.1) is 29.9 Å². The molecule has 0 aliphatic carbocycles. The number of nitrogens with zero attached hydrogens (tertiary/aromatic N) is 2. The standard InChI is InChI=1S/C10H11Cl2N3S.C9H13N.Au.2ClH/c1-2-9(14-15-10(13)16)6-3-4-7(11)8(12)5-6;1-10(2)8-9-6-4-3-5-7-9;;;/h3-5H,2H2,1H3,(H3,13,15,16);3-7H,8H2,1-2H3;;2*1H/q;;+3;;/p-2/b14-9+;;;;.